The van der Waals surface area contributed by atoms with Crippen LogP contribution in [0.3, 0.4) is 0 Å². The summed E-state index contributed by atoms with van der Waals surface area (Å²) in [5, 5.41) is 3.18. The minimum absolute atomic E-state index is 0.597. The molecule has 3 heteroatoms. The van der Waals surface area contributed by atoms with Crippen molar-refractivity contribution in [2.24, 2.45) is 0 Å². The van der Waals surface area contributed by atoms with Gasteiger partial charge in [-0.15, -0.1) is 0 Å². The molecule has 2 rings (SSSR count). The van der Waals surface area contributed by atoms with E-state index in [9.17, 15) is 0 Å². The summed E-state index contributed by atoms with van der Waals surface area (Å²) in [5.41, 5.74) is 3.50. The lowest BCUT2D eigenvalue weighted by Crippen LogP contribution is -2.08. The molecule has 0 aliphatic rings. The highest BCUT2D eigenvalue weighted by Gasteiger charge is 2.08. The average Bonchev–Trinajstić information content (AvgIpc) is 2.39. The van der Waals surface area contributed by atoms with Crippen LogP contribution in [-0.4, -0.2) is 7.05 Å². The van der Waals surface area contributed by atoms with Gasteiger partial charge < -0.3 is 10.1 Å². The van der Waals surface area contributed by atoms with Crippen LogP contribution in [0.25, 0.3) is 0 Å². The second-order valence-corrected chi connectivity index (χ2v) is 5.43. The summed E-state index contributed by atoms with van der Waals surface area (Å²) in [5.74, 6) is 0.974. The molecule has 0 aromatic heterocycles. The van der Waals surface area contributed by atoms with Crippen LogP contribution in [0, 0.1) is 6.92 Å². The Morgan fingerprint density at radius 3 is 2.58 bits per heavy atom. The van der Waals surface area contributed by atoms with Crippen LogP contribution in [0.4, 0.5) is 0 Å². The van der Waals surface area contributed by atoms with E-state index in [2.05, 4.69) is 52.4 Å². The van der Waals surface area contributed by atoms with Crippen molar-refractivity contribution in [3.05, 3.63) is 63.6 Å². The van der Waals surface area contributed by atoms with E-state index in [1.54, 1.807) is 0 Å². The largest absolute Gasteiger partial charge is 0.488 e. The maximum Gasteiger partial charge on any atom is 0.127 e. The number of hydrogen-bond acceptors (Lipinski definition) is 2. The monoisotopic (exact) mass is 319 g/mol. The SMILES string of the molecule is CNCc1cc(Br)cc(C)c1OCc1ccccc1. The van der Waals surface area contributed by atoms with Crippen molar-refractivity contribution in [2.45, 2.75) is 20.1 Å². The first-order valence-electron chi connectivity index (χ1n) is 6.31. The second kappa shape index (κ2) is 6.73. The molecule has 0 unspecified atom stereocenters. The van der Waals surface area contributed by atoms with Gasteiger partial charge in [-0.25, -0.2) is 0 Å². The molecular formula is C16H18BrNO. The van der Waals surface area contributed by atoms with E-state index in [-0.39, 0.29) is 0 Å². The van der Waals surface area contributed by atoms with E-state index in [0.29, 0.717) is 6.61 Å². The summed E-state index contributed by atoms with van der Waals surface area (Å²) >= 11 is 3.53. The zero-order chi connectivity index (χ0) is 13.7. The Kier molecular flexibility index (Phi) is 5.00. The number of nitrogens with one attached hydrogen (secondary N) is 1. The highest BCUT2D eigenvalue weighted by molar-refractivity contribution is 9.10. The average molecular weight is 320 g/mol. The first-order chi connectivity index (χ1) is 9.20. The Morgan fingerprint density at radius 1 is 1.16 bits per heavy atom. The third kappa shape index (κ3) is 3.82. The lowest BCUT2D eigenvalue weighted by molar-refractivity contribution is 0.300. The second-order valence-electron chi connectivity index (χ2n) is 4.52. The summed E-state index contributed by atoms with van der Waals surface area (Å²) in [6.07, 6.45) is 0. The molecule has 2 nitrogen and oxygen atoms in total. The van der Waals surface area contributed by atoms with Gasteiger partial charge in [-0.2, -0.15) is 0 Å². The fourth-order valence-corrected chi connectivity index (χ4v) is 2.68. The third-order valence-electron chi connectivity index (χ3n) is 2.91. The van der Waals surface area contributed by atoms with E-state index >= 15 is 0 Å². The number of benzene rings is 2. The zero-order valence-corrected chi connectivity index (χ0v) is 12.8. The van der Waals surface area contributed by atoms with Crippen molar-refractivity contribution in [2.75, 3.05) is 7.05 Å². The molecule has 2 aromatic carbocycles. The zero-order valence-electron chi connectivity index (χ0n) is 11.2. The molecule has 0 radical (unpaired) electrons. The molecule has 0 aliphatic heterocycles. The standard InChI is InChI=1S/C16H18BrNO/c1-12-8-15(17)9-14(10-18-2)16(12)19-11-13-6-4-3-5-7-13/h3-9,18H,10-11H2,1-2H3. The van der Waals surface area contributed by atoms with E-state index < -0.39 is 0 Å². The van der Waals surface area contributed by atoms with Gasteiger partial charge in [-0.05, 0) is 37.2 Å². The minimum atomic E-state index is 0.597. The van der Waals surface area contributed by atoms with Crippen molar-refractivity contribution in [3.63, 3.8) is 0 Å². The number of rotatable bonds is 5. The summed E-state index contributed by atoms with van der Waals surface area (Å²) in [7, 11) is 1.94. The fourth-order valence-electron chi connectivity index (χ4n) is 2.06. The molecule has 0 heterocycles. The van der Waals surface area contributed by atoms with Gasteiger partial charge in [0.25, 0.3) is 0 Å². The van der Waals surface area contributed by atoms with E-state index in [4.69, 9.17) is 4.74 Å². The minimum Gasteiger partial charge on any atom is -0.488 e. The highest BCUT2D eigenvalue weighted by atomic mass is 79.9. The van der Waals surface area contributed by atoms with Crippen LogP contribution in [0.2, 0.25) is 0 Å². The Hall–Kier alpha value is -1.32. The lowest BCUT2D eigenvalue weighted by Gasteiger charge is -2.15. The number of ether oxygens (including phenoxy) is 1. The first-order valence-corrected chi connectivity index (χ1v) is 7.10. The van der Waals surface area contributed by atoms with E-state index in [1.165, 1.54) is 11.1 Å². The predicted octanol–water partition coefficient (Wildman–Crippen LogP) is 4.06. The number of aryl methyl sites for hydroxylation is 1. The molecule has 2 aromatic rings. The molecule has 19 heavy (non-hydrogen) atoms. The van der Waals surface area contributed by atoms with Crippen LogP contribution in [0.5, 0.6) is 5.75 Å². The van der Waals surface area contributed by atoms with Crippen LogP contribution < -0.4 is 10.1 Å². The van der Waals surface area contributed by atoms with Crippen LogP contribution in [0.15, 0.2) is 46.9 Å². The quantitative estimate of drug-likeness (QED) is 0.897. The molecule has 0 saturated carbocycles. The van der Waals surface area contributed by atoms with Crippen molar-refractivity contribution < 1.29 is 4.74 Å². The molecule has 0 aliphatic carbocycles. The van der Waals surface area contributed by atoms with Gasteiger partial charge in [0.2, 0.25) is 0 Å². The number of hydrogen-bond donors (Lipinski definition) is 1. The molecule has 100 valence electrons. The van der Waals surface area contributed by atoms with Gasteiger partial charge in [0.1, 0.15) is 12.4 Å². The summed E-state index contributed by atoms with van der Waals surface area (Å²) in [4.78, 5) is 0. The van der Waals surface area contributed by atoms with Crippen molar-refractivity contribution in [1.29, 1.82) is 0 Å². The van der Waals surface area contributed by atoms with Gasteiger partial charge in [0, 0.05) is 16.6 Å². The molecule has 0 atom stereocenters. The predicted molar refractivity (Wildman–Crippen MR) is 82.4 cm³/mol. The van der Waals surface area contributed by atoms with Gasteiger partial charge in [-0.3, -0.25) is 0 Å². The normalized spacial score (nSPS) is 10.5. The molecule has 0 bridgehead atoms. The molecule has 0 spiro atoms. The smallest absolute Gasteiger partial charge is 0.127 e. The van der Waals surface area contributed by atoms with Crippen LogP contribution in [0.1, 0.15) is 16.7 Å². The third-order valence-corrected chi connectivity index (χ3v) is 3.37. The van der Waals surface area contributed by atoms with Crippen molar-refractivity contribution in [1.82, 2.24) is 5.32 Å². The Morgan fingerprint density at radius 2 is 1.89 bits per heavy atom. The Bertz CT molecular complexity index is 540. The van der Waals surface area contributed by atoms with E-state index in [0.717, 1.165) is 22.3 Å². The van der Waals surface area contributed by atoms with Gasteiger partial charge in [-0.1, -0.05) is 46.3 Å². The van der Waals surface area contributed by atoms with Gasteiger partial charge in [0.15, 0.2) is 0 Å². The van der Waals surface area contributed by atoms with Gasteiger partial charge >= 0.3 is 0 Å². The topological polar surface area (TPSA) is 21.3 Å². The van der Waals surface area contributed by atoms with Crippen LogP contribution >= 0.6 is 15.9 Å². The Labute approximate surface area is 122 Å². The van der Waals surface area contributed by atoms with Crippen molar-refractivity contribution in [3.8, 4) is 5.75 Å². The molecule has 1 N–H and O–H groups in total. The lowest BCUT2D eigenvalue weighted by atomic mass is 10.1. The maximum atomic E-state index is 6.00. The van der Waals surface area contributed by atoms with E-state index in [1.807, 2.05) is 25.2 Å². The summed E-state index contributed by atoms with van der Waals surface area (Å²) in [6, 6.07) is 14.4. The summed E-state index contributed by atoms with van der Waals surface area (Å²) < 4.78 is 7.09. The Balaban J connectivity index is 2.19. The van der Waals surface area contributed by atoms with Crippen LogP contribution in [-0.2, 0) is 13.2 Å². The molecule has 0 fully saturated rings. The first kappa shape index (κ1) is 14.1. The highest BCUT2D eigenvalue weighted by Crippen LogP contribution is 2.28. The van der Waals surface area contributed by atoms with Gasteiger partial charge in [0.05, 0.1) is 0 Å². The molecule has 0 amide bonds. The number of halogens is 1. The fraction of sp³-hybridized carbons (Fsp3) is 0.250. The molecular weight excluding hydrogens is 302 g/mol. The summed E-state index contributed by atoms with van der Waals surface area (Å²) in [6.45, 7) is 3.47. The molecule has 0 saturated heterocycles. The maximum absolute atomic E-state index is 6.00. The van der Waals surface area contributed by atoms with Crippen molar-refractivity contribution >= 4 is 15.9 Å².